The van der Waals surface area contributed by atoms with Crippen LogP contribution < -0.4 is 10.6 Å². The van der Waals surface area contributed by atoms with Crippen molar-refractivity contribution in [1.29, 1.82) is 0 Å². The number of benzene rings is 2. The number of methoxy groups -OCH3 is 1. The molecule has 0 radical (unpaired) electrons. The second-order valence-electron chi connectivity index (χ2n) is 4.75. The Morgan fingerprint density at radius 2 is 1.16 bits per heavy atom. The van der Waals surface area contributed by atoms with Crippen molar-refractivity contribution in [3.63, 3.8) is 0 Å². The minimum absolute atomic E-state index is 0.144. The second-order valence-corrected chi connectivity index (χ2v) is 6.09. The molecule has 0 aliphatic rings. The molecule has 0 saturated heterocycles. The van der Waals surface area contributed by atoms with Crippen LogP contribution in [0.25, 0.3) is 0 Å². The Hall–Kier alpha value is -0.740. The molecule has 3 atom stereocenters. The molecule has 0 aromatic heterocycles. The lowest BCUT2D eigenvalue weighted by Gasteiger charge is -2.24. The Bertz CT molecular complexity index is 474. The molecule has 0 N–H and O–H groups in total. The molecular formula is C16H20OP2. The highest BCUT2D eigenvalue weighted by molar-refractivity contribution is 7.27. The van der Waals surface area contributed by atoms with Gasteiger partial charge in [0.1, 0.15) is 0 Å². The third kappa shape index (κ3) is 3.63. The largest absolute Gasteiger partial charge is 0.381 e. The fourth-order valence-corrected chi connectivity index (χ4v) is 2.66. The Morgan fingerprint density at radius 1 is 0.789 bits per heavy atom. The molecule has 1 nitrogen and oxygen atoms in total. The molecule has 0 saturated carbocycles. The quantitative estimate of drug-likeness (QED) is 0.787. The van der Waals surface area contributed by atoms with Gasteiger partial charge in [0.15, 0.2) is 0 Å². The molecule has 2 aromatic carbocycles. The molecule has 2 rings (SSSR count). The Kier molecular flexibility index (Phi) is 5.11. The van der Waals surface area contributed by atoms with Gasteiger partial charge in [0.05, 0.1) is 6.10 Å². The summed E-state index contributed by atoms with van der Waals surface area (Å²) in [5, 5.41) is 2.40. The lowest BCUT2D eigenvalue weighted by Crippen LogP contribution is -2.19. The summed E-state index contributed by atoms with van der Waals surface area (Å²) in [4.78, 5) is 0. The van der Waals surface area contributed by atoms with Gasteiger partial charge >= 0.3 is 0 Å². The average molecular weight is 290 g/mol. The number of hydrogen-bond donors (Lipinski definition) is 0. The van der Waals surface area contributed by atoms with Crippen LogP contribution in [0, 0.1) is 0 Å². The third-order valence-corrected chi connectivity index (χ3v) is 4.20. The van der Waals surface area contributed by atoms with E-state index in [2.05, 4.69) is 73.9 Å². The molecule has 0 spiro atoms. The summed E-state index contributed by atoms with van der Waals surface area (Å²) in [5.74, 6) is 0.265. The minimum Gasteiger partial charge on any atom is -0.381 e. The molecule has 0 fully saturated rings. The van der Waals surface area contributed by atoms with E-state index in [0.717, 1.165) is 0 Å². The van der Waals surface area contributed by atoms with Crippen molar-refractivity contribution in [3.05, 3.63) is 59.7 Å². The van der Waals surface area contributed by atoms with E-state index < -0.39 is 0 Å². The fraction of sp³-hybridized carbons (Fsp3) is 0.250. The number of ether oxygens (including phenoxy) is 1. The van der Waals surface area contributed by atoms with Crippen molar-refractivity contribution in [3.8, 4) is 0 Å². The van der Waals surface area contributed by atoms with Gasteiger partial charge in [-0.25, -0.2) is 0 Å². The van der Waals surface area contributed by atoms with Gasteiger partial charge in [-0.3, -0.25) is 0 Å². The van der Waals surface area contributed by atoms with E-state index >= 15 is 0 Å². The van der Waals surface area contributed by atoms with Gasteiger partial charge in [-0.05, 0) is 28.7 Å². The van der Waals surface area contributed by atoms with E-state index in [4.69, 9.17) is 4.74 Å². The smallest absolute Gasteiger partial charge is 0.0652 e. The molecule has 3 heteroatoms. The summed E-state index contributed by atoms with van der Waals surface area (Å²) in [6.45, 7) is 2.12. The fourth-order valence-electron chi connectivity index (χ4n) is 2.28. The van der Waals surface area contributed by atoms with E-state index in [0.29, 0.717) is 0 Å². The van der Waals surface area contributed by atoms with Crippen LogP contribution in [0.1, 0.15) is 24.0 Å². The highest BCUT2D eigenvalue weighted by Gasteiger charge is 2.20. The molecule has 0 heterocycles. The van der Waals surface area contributed by atoms with Gasteiger partial charge in [-0.2, -0.15) is 0 Å². The molecular weight excluding hydrogens is 270 g/mol. The number of hydrogen-bond acceptors (Lipinski definition) is 1. The lowest BCUT2D eigenvalue weighted by molar-refractivity contribution is 0.104. The molecule has 0 aliphatic heterocycles. The molecule has 100 valence electrons. The van der Waals surface area contributed by atoms with Crippen LogP contribution in [0.3, 0.4) is 0 Å². The molecule has 0 bridgehead atoms. The predicted octanol–water partition coefficient (Wildman–Crippen LogP) is 2.85. The summed E-state index contributed by atoms with van der Waals surface area (Å²) >= 11 is 0. The normalized spacial score (nSPS) is 12.7. The molecule has 0 aliphatic carbocycles. The molecule has 0 amide bonds. The van der Waals surface area contributed by atoms with Gasteiger partial charge in [0.25, 0.3) is 0 Å². The van der Waals surface area contributed by atoms with E-state index in [1.807, 2.05) is 0 Å². The standard InChI is InChI=1S/C16H20OP2/c1-11(17-2)16(12-3-7-14(18)8-4-12)13-5-9-15(19)10-6-13/h3-11,16H,18-19H2,1-2H3/t11-/m0/s1. The van der Waals surface area contributed by atoms with Crippen molar-refractivity contribution in [2.75, 3.05) is 7.11 Å². The van der Waals surface area contributed by atoms with Crippen LogP contribution in [0.5, 0.6) is 0 Å². The predicted molar refractivity (Wildman–Crippen MR) is 89.9 cm³/mol. The van der Waals surface area contributed by atoms with E-state index in [1.165, 1.54) is 21.7 Å². The average Bonchev–Trinajstić information content (AvgIpc) is 2.43. The first-order valence-corrected chi connectivity index (χ1v) is 7.51. The van der Waals surface area contributed by atoms with Gasteiger partial charge < -0.3 is 4.74 Å². The zero-order valence-electron chi connectivity index (χ0n) is 11.3. The summed E-state index contributed by atoms with van der Waals surface area (Å²) in [5.41, 5.74) is 2.58. The first-order valence-electron chi connectivity index (χ1n) is 6.35. The molecule has 19 heavy (non-hydrogen) atoms. The van der Waals surface area contributed by atoms with Gasteiger partial charge in [0, 0.05) is 13.0 Å². The highest BCUT2D eigenvalue weighted by Crippen LogP contribution is 2.29. The zero-order valence-corrected chi connectivity index (χ0v) is 13.6. The van der Waals surface area contributed by atoms with Gasteiger partial charge in [0.2, 0.25) is 0 Å². The van der Waals surface area contributed by atoms with Crippen molar-refractivity contribution in [1.82, 2.24) is 0 Å². The van der Waals surface area contributed by atoms with Crippen LogP contribution in [0.2, 0.25) is 0 Å². The van der Waals surface area contributed by atoms with Crippen LogP contribution in [-0.4, -0.2) is 13.2 Å². The maximum atomic E-state index is 5.57. The first-order chi connectivity index (χ1) is 9.11. The Morgan fingerprint density at radius 3 is 1.47 bits per heavy atom. The monoisotopic (exact) mass is 290 g/mol. The van der Waals surface area contributed by atoms with Crippen LogP contribution in [0.4, 0.5) is 0 Å². The van der Waals surface area contributed by atoms with E-state index in [1.54, 1.807) is 7.11 Å². The van der Waals surface area contributed by atoms with E-state index in [-0.39, 0.29) is 12.0 Å². The SMILES string of the molecule is CO[C@@H](C)C(c1ccc(P)cc1)c1ccc(P)cc1. The van der Waals surface area contributed by atoms with E-state index in [9.17, 15) is 0 Å². The minimum atomic E-state index is 0.144. The van der Waals surface area contributed by atoms with Crippen molar-refractivity contribution >= 4 is 29.1 Å². The van der Waals surface area contributed by atoms with Crippen molar-refractivity contribution < 1.29 is 4.74 Å². The lowest BCUT2D eigenvalue weighted by atomic mass is 9.87. The van der Waals surface area contributed by atoms with Crippen LogP contribution in [0.15, 0.2) is 48.5 Å². The Balaban J connectivity index is 2.41. The van der Waals surface area contributed by atoms with Crippen molar-refractivity contribution in [2.45, 2.75) is 18.9 Å². The van der Waals surface area contributed by atoms with Crippen molar-refractivity contribution in [2.24, 2.45) is 0 Å². The second kappa shape index (κ2) is 6.62. The topological polar surface area (TPSA) is 9.23 Å². The van der Waals surface area contributed by atoms with Crippen LogP contribution in [-0.2, 0) is 4.74 Å². The molecule has 2 aromatic rings. The first kappa shape index (κ1) is 14.7. The summed E-state index contributed by atoms with van der Waals surface area (Å²) in [6, 6.07) is 17.2. The van der Waals surface area contributed by atoms with Gasteiger partial charge in [-0.1, -0.05) is 48.5 Å². The summed E-state index contributed by atoms with van der Waals surface area (Å²) in [7, 11) is 7.21. The highest BCUT2D eigenvalue weighted by atomic mass is 31.0. The Labute approximate surface area is 120 Å². The third-order valence-electron chi connectivity index (χ3n) is 3.43. The maximum absolute atomic E-state index is 5.57. The molecule has 2 unspecified atom stereocenters. The summed E-state index contributed by atoms with van der Waals surface area (Å²) < 4.78 is 5.57. The van der Waals surface area contributed by atoms with Crippen LogP contribution >= 0.6 is 18.5 Å². The number of rotatable bonds is 4. The summed E-state index contributed by atoms with van der Waals surface area (Å²) in [6.07, 6.45) is 0.144. The van der Waals surface area contributed by atoms with Gasteiger partial charge in [-0.15, -0.1) is 18.5 Å². The maximum Gasteiger partial charge on any atom is 0.0652 e. The zero-order chi connectivity index (χ0) is 13.8.